The molecule has 1 aromatic heterocycles. The molecule has 0 saturated heterocycles. The monoisotopic (exact) mass is 285 g/mol. The first-order chi connectivity index (χ1) is 10.1. The first-order valence-electron chi connectivity index (χ1n) is 6.50. The van der Waals surface area contributed by atoms with E-state index in [1.807, 2.05) is 6.92 Å². The number of aryl methyl sites for hydroxylation is 1. The van der Waals surface area contributed by atoms with Gasteiger partial charge in [-0.25, -0.2) is 18.7 Å². The highest BCUT2D eigenvalue weighted by molar-refractivity contribution is 5.90. The average Bonchev–Trinajstić information content (AvgIpc) is 2.45. The lowest BCUT2D eigenvalue weighted by Gasteiger charge is -2.09. The zero-order valence-corrected chi connectivity index (χ0v) is 11.6. The van der Waals surface area contributed by atoms with Crippen LogP contribution in [0.1, 0.15) is 5.56 Å². The number of nitrogens with zero attached hydrogens (tertiary/aromatic N) is 2. The van der Waals surface area contributed by atoms with E-state index in [-0.39, 0.29) is 5.82 Å². The van der Waals surface area contributed by atoms with Crippen molar-refractivity contribution in [1.82, 2.24) is 9.97 Å². The summed E-state index contributed by atoms with van der Waals surface area (Å²) in [5, 5.41) is 3.62. The number of halogens is 2. The van der Waals surface area contributed by atoms with Gasteiger partial charge in [0.2, 0.25) is 0 Å². The van der Waals surface area contributed by atoms with Crippen LogP contribution in [-0.2, 0) is 0 Å². The maximum atomic E-state index is 14.1. The van der Waals surface area contributed by atoms with Gasteiger partial charge in [0.1, 0.15) is 17.5 Å². The Labute approximate surface area is 120 Å². The fraction of sp³-hybridized carbons (Fsp3) is 0.125. The lowest BCUT2D eigenvalue weighted by molar-refractivity contribution is 0.628. The van der Waals surface area contributed by atoms with Crippen LogP contribution in [0.4, 0.5) is 14.6 Å². The Morgan fingerprint density at radius 2 is 1.81 bits per heavy atom. The summed E-state index contributed by atoms with van der Waals surface area (Å²) in [7, 11) is 1.71. The summed E-state index contributed by atoms with van der Waals surface area (Å²) in [6.07, 6.45) is 0. The van der Waals surface area contributed by atoms with Gasteiger partial charge in [-0.1, -0.05) is 6.07 Å². The Morgan fingerprint density at radius 1 is 1.00 bits per heavy atom. The van der Waals surface area contributed by atoms with E-state index >= 15 is 0 Å². The van der Waals surface area contributed by atoms with Gasteiger partial charge in [-0.3, -0.25) is 0 Å². The van der Waals surface area contributed by atoms with E-state index in [9.17, 15) is 8.78 Å². The Bertz CT molecular complexity index is 831. The first-order valence-corrected chi connectivity index (χ1v) is 6.50. The van der Waals surface area contributed by atoms with E-state index in [2.05, 4.69) is 15.3 Å². The normalized spacial score (nSPS) is 10.9. The van der Waals surface area contributed by atoms with Gasteiger partial charge in [-0.15, -0.1) is 0 Å². The van der Waals surface area contributed by atoms with Crippen LogP contribution in [0.15, 0.2) is 36.4 Å². The summed E-state index contributed by atoms with van der Waals surface area (Å²) < 4.78 is 27.5. The molecule has 0 radical (unpaired) electrons. The minimum absolute atomic E-state index is 0.231. The van der Waals surface area contributed by atoms with Crippen molar-refractivity contribution in [1.29, 1.82) is 0 Å². The summed E-state index contributed by atoms with van der Waals surface area (Å²) in [4.78, 5) is 8.60. The highest BCUT2D eigenvalue weighted by Gasteiger charge is 2.12. The summed E-state index contributed by atoms with van der Waals surface area (Å²) >= 11 is 0. The molecule has 0 bridgehead atoms. The molecule has 0 saturated carbocycles. The van der Waals surface area contributed by atoms with Crippen LogP contribution in [0, 0.1) is 18.6 Å². The van der Waals surface area contributed by atoms with Gasteiger partial charge < -0.3 is 5.32 Å². The number of aromatic nitrogens is 2. The van der Waals surface area contributed by atoms with Crippen molar-refractivity contribution in [2.75, 3.05) is 12.4 Å². The number of anilines is 1. The van der Waals surface area contributed by atoms with Crippen LogP contribution >= 0.6 is 0 Å². The summed E-state index contributed by atoms with van der Waals surface area (Å²) in [5.41, 5.74) is 1.55. The van der Waals surface area contributed by atoms with Gasteiger partial charge in [0.15, 0.2) is 5.82 Å². The molecular formula is C16H13F2N3. The minimum Gasteiger partial charge on any atom is -0.373 e. The highest BCUT2D eigenvalue weighted by atomic mass is 19.1. The maximum absolute atomic E-state index is 14.1. The maximum Gasteiger partial charge on any atom is 0.165 e. The Balaban J connectivity index is 2.27. The number of rotatable bonds is 2. The van der Waals surface area contributed by atoms with E-state index in [4.69, 9.17) is 0 Å². The van der Waals surface area contributed by atoms with Crippen LogP contribution in [0.3, 0.4) is 0 Å². The van der Waals surface area contributed by atoms with Crippen LogP contribution in [0.2, 0.25) is 0 Å². The van der Waals surface area contributed by atoms with Crippen molar-refractivity contribution in [3.63, 3.8) is 0 Å². The second-order valence-electron chi connectivity index (χ2n) is 4.79. The van der Waals surface area contributed by atoms with Gasteiger partial charge in [-0.2, -0.15) is 0 Å². The summed E-state index contributed by atoms with van der Waals surface area (Å²) in [5.74, 6) is -0.0173. The molecule has 5 heteroatoms. The number of hydrogen-bond donors (Lipinski definition) is 1. The molecule has 106 valence electrons. The smallest absolute Gasteiger partial charge is 0.165 e. The predicted octanol–water partition coefficient (Wildman–Crippen LogP) is 3.93. The standard InChI is InChI=1S/C16H13F2N3/c1-9-3-5-11(13(18)7-9)16-20-14-8-10(17)4-6-12(14)15(19-2)21-16/h3-8H,1-2H3,(H,19,20,21). The predicted molar refractivity (Wildman–Crippen MR) is 79.2 cm³/mol. The molecule has 0 aliphatic carbocycles. The molecule has 0 fully saturated rings. The lowest BCUT2D eigenvalue weighted by Crippen LogP contribution is -2.00. The van der Waals surface area contributed by atoms with Crippen LogP contribution in [0.5, 0.6) is 0 Å². The molecule has 1 N–H and O–H groups in total. The zero-order chi connectivity index (χ0) is 15.0. The van der Waals surface area contributed by atoms with Crippen LogP contribution in [0.25, 0.3) is 22.3 Å². The summed E-state index contributed by atoms with van der Waals surface area (Å²) in [6, 6.07) is 9.10. The number of fused-ring (bicyclic) bond motifs is 1. The molecule has 3 nitrogen and oxygen atoms in total. The zero-order valence-electron chi connectivity index (χ0n) is 11.6. The largest absolute Gasteiger partial charge is 0.373 e. The number of nitrogens with one attached hydrogen (secondary N) is 1. The molecule has 2 aromatic carbocycles. The van der Waals surface area contributed by atoms with E-state index in [1.165, 1.54) is 18.2 Å². The molecule has 0 spiro atoms. The van der Waals surface area contributed by atoms with E-state index in [0.29, 0.717) is 22.3 Å². The third-order valence-electron chi connectivity index (χ3n) is 3.26. The van der Waals surface area contributed by atoms with Crippen molar-refractivity contribution in [3.05, 3.63) is 53.6 Å². The molecule has 0 unspecified atom stereocenters. The molecule has 3 rings (SSSR count). The van der Waals surface area contributed by atoms with Crippen molar-refractivity contribution in [3.8, 4) is 11.4 Å². The fourth-order valence-corrected chi connectivity index (χ4v) is 2.22. The van der Waals surface area contributed by atoms with Crippen molar-refractivity contribution in [2.24, 2.45) is 0 Å². The lowest BCUT2D eigenvalue weighted by atomic mass is 10.1. The molecule has 21 heavy (non-hydrogen) atoms. The van der Waals surface area contributed by atoms with Crippen molar-refractivity contribution in [2.45, 2.75) is 6.92 Å². The van der Waals surface area contributed by atoms with Crippen LogP contribution in [-0.4, -0.2) is 17.0 Å². The van der Waals surface area contributed by atoms with E-state index in [1.54, 1.807) is 25.2 Å². The van der Waals surface area contributed by atoms with Gasteiger partial charge in [0.25, 0.3) is 0 Å². The van der Waals surface area contributed by atoms with Crippen molar-refractivity contribution >= 4 is 16.7 Å². The Hall–Kier alpha value is -2.56. The Morgan fingerprint density at radius 3 is 2.52 bits per heavy atom. The quantitative estimate of drug-likeness (QED) is 0.775. The van der Waals surface area contributed by atoms with Crippen LogP contribution < -0.4 is 5.32 Å². The van der Waals surface area contributed by atoms with Gasteiger partial charge in [0, 0.05) is 18.5 Å². The second-order valence-corrected chi connectivity index (χ2v) is 4.79. The average molecular weight is 285 g/mol. The molecule has 1 heterocycles. The van der Waals surface area contributed by atoms with Gasteiger partial charge >= 0.3 is 0 Å². The molecular weight excluding hydrogens is 272 g/mol. The van der Waals surface area contributed by atoms with E-state index < -0.39 is 11.6 Å². The van der Waals surface area contributed by atoms with Crippen molar-refractivity contribution < 1.29 is 8.78 Å². The SMILES string of the molecule is CNc1nc(-c2ccc(C)cc2F)nc2cc(F)ccc12. The highest BCUT2D eigenvalue weighted by Crippen LogP contribution is 2.27. The second kappa shape index (κ2) is 5.09. The molecule has 0 atom stereocenters. The number of hydrogen-bond acceptors (Lipinski definition) is 3. The summed E-state index contributed by atoms with van der Waals surface area (Å²) in [6.45, 7) is 1.81. The fourth-order valence-electron chi connectivity index (χ4n) is 2.22. The minimum atomic E-state index is -0.396. The Kier molecular flexibility index (Phi) is 3.25. The molecule has 0 amide bonds. The topological polar surface area (TPSA) is 37.8 Å². The third kappa shape index (κ3) is 2.42. The molecule has 3 aromatic rings. The van der Waals surface area contributed by atoms with E-state index in [0.717, 1.165) is 5.56 Å². The molecule has 0 aliphatic heterocycles. The van der Waals surface area contributed by atoms with Gasteiger partial charge in [0.05, 0.1) is 11.1 Å². The number of benzene rings is 2. The van der Waals surface area contributed by atoms with Gasteiger partial charge in [-0.05, 0) is 36.8 Å². The molecule has 0 aliphatic rings. The third-order valence-corrected chi connectivity index (χ3v) is 3.26. The first kappa shape index (κ1) is 13.4.